The number of alkyl halides is 1. The summed E-state index contributed by atoms with van der Waals surface area (Å²) in [5.74, 6) is 1.36. The molecule has 0 aliphatic heterocycles. The Kier molecular flexibility index (Phi) is 4.82. The Labute approximate surface area is 173 Å². The molecule has 4 aromatic heterocycles. The van der Waals surface area contributed by atoms with E-state index < -0.39 is 6.67 Å². The molecule has 0 radical (unpaired) electrons. The summed E-state index contributed by atoms with van der Waals surface area (Å²) in [6.45, 7) is 4.43. The molecule has 156 valence electrons. The first-order valence-corrected chi connectivity index (χ1v) is 10.3. The van der Waals surface area contributed by atoms with E-state index in [1.807, 2.05) is 42.8 Å². The molecular formula is C21H24FN7O. The van der Waals surface area contributed by atoms with E-state index >= 15 is 0 Å². The third-order valence-corrected chi connectivity index (χ3v) is 5.61. The highest BCUT2D eigenvalue weighted by Crippen LogP contribution is 2.28. The number of hydrogen-bond acceptors (Lipinski definition) is 6. The van der Waals surface area contributed by atoms with Crippen LogP contribution in [-0.2, 0) is 11.3 Å². The Hall–Kier alpha value is -3.07. The number of halogens is 1. The number of imidazole rings is 1. The maximum Gasteiger partial charge on any atom is 0.241 e. The summed E-state index contributed by atoms with van der Waals surface area (Å²) in [6.07, 6.45) is 5.99. The molecule has 1 aliphatic rings. The number of hydrogen-bond donors (Lipinski definition) is 1. The van der Waals surface area contributed by atoms with Crippen molar-refractivity contribution in [3.8, 4) is 11.3 Å². The van der Waals surface area contributed by atoms with E-state index in [1.165, 1.54) is 0 Å². The maximum atomic E-state index is 13.0. The molecule has 0 bridgehead atoms. The molecule has 0 amide bonds. The van der Waals surface area contributed by atoms with Gasteiger partial charge in [0.15, 0.2) is 5.65 Å². The van der Waals surface area contributed by atoms with Gasteiger partial charge in [0.2, 0.25) is 5.95 Å². The molecule has 1 saturated carbocycles. The van der Waals surface area contributed by atoms with Crippen molar-refractivity contribution < 1.29 is 9.13 Å². The van der Waals surface area contributed by atoms with Gasteiger partial charge in [-0.1, -0.05) is 0 Å². The lowest BCUT2D eigenvalue weighted by molar-refractivity contribution is 0.00283. The number of anilines is 1. The Balaban J connectivity index is 1.42. The molecule has 0 spiro atoms. The fraction of sp³-hybridized carbons (Fsp3) is 0.429. The predicted octanol–water partition coefficient (Wildman–Crippen LogP) is 3.40. The molecule has 1 N–H and O–H groups in total. The van der Waals surface area contributed by atoms with Gasteiger partial charge in [0.25, 0.3) is 0 Å². The molecule has 30 heavy (non-hydrogen) atoms. The lowest BCUT2D eigenvalue weighted by Crippen LogP contribution is -2.41. The van der Waals surface area contributed by atoms with Crippen LogP contribution in [0.25, 0.3) is 27.9 Å². The number of fused-ring (bicyclic) bond motifs is 2. The number of nitrogens with zero attached hydrogens (tertiary/aromatic N) is 6. The second-order valence-electron chi connectivity index (χ2n) is 7.57. The summed E-state index contributed by atoms with van der Waals surface area (Å²) < 4.78 is 22.2. The van der Waals surface area contributed by atoms with Gasteiger partial charge in [-0.05, 0) is 44.9 Å². The second kappa shape index (κ2) is 7.64. The van der Waals surface area contributed by atoms with Crippen LogP contribution in [0.2, 0.25) is 0 Å². The van der Waals surface area contributed by atoms with Crippen molar-refractivity contribution in [3.63, 3.8) is 0 Å². The number of rotatable bonds is 7. The van der Waals surface area contributed by atoms with Crippen LogP contribution >= 0.6 is 0 Å². The van der Waals surface area contributed by atoms with Gasteiger partial charge in [0.1, 0.15) is 18.0 Å². The lowest BCUT2D eigenvalue weighted by Gasteiger charge is -2.35. The van der Waals surface area contributed by atoms with Crippen LogP contribution in [0.5, 0.6) is 0 Å². The summed E-state index contributed by atoms with van der Waals surface area (Å²) >= 11 is 0. The summed E-state index contributed by atoms with van der Waals surface area (Å²) in [4.78, 5) is 13.7. The molecule has 0 aromatic carbocycles. The first-order chi connectivity index (χ1) is 14.7. The topological polar surface area (TPSA) is 82.2 Å². The van der Waals surface area contributed by atoms with Gasteiger partial charge in [-0.25, -0.2) is 23.9 Å². The molecular weight excluding hydrogens is 385 g/mol. The van der Waals surface area contributed by atoms with Crippen LogP contribution in [0.1, 0.15) is 25.6 Å². The van der Waals surface area contributed by atoms with Crippen molar-refractivity contribution in [1.82, 2.24) is 29.1 Å². The normalized spacial score (nSPS) is 18.8. The fourth-order valence-corrected chi connectivity index (χ4v) is 4.04. The molecule has 4 heterocycles. The zero-order chi connectivity index (χ0) is 20.7. The Morgan fingerprint density at radius 2 is 2.10 bits per heavy atom. The van der Waals surface area contributed by atoms with E-state index in [0.29, 0.717) is 23.7 Å². The third kappa shape index (κ3) is 3.28. The molecule has 0 unspecified atom stereocenters. The van der Waals surface area contributed by atoms with Gasteiger partial charge < -0.3 is 14.6 Å². The molecule has 1 aliphatic carbocycles. The Morgan fingerprint density at radius 3 is 2.90 bits per heavy atom. The van der Waals surface area contributed by atoms with Gasteiger partial charge in [-0.15, -0.1) is 5.10 Å². The van der Waals surface area contributed by atoms with E-state index in [2.05, 4.69) is 20.4 Å². The number of nitrogens with one attached hydrogen (secondary N) is 1. The van der Waals surface area contributed by atoms with Gasteiger partial charge in [0, 0.05) is 24.4 Å². The first kappa shape index (κ1) is 18.9. The van der Waals surface area contributed by atoms with Crippen molar-refractivity contribution in [2.45, 2.75) is 45.4 Å². The fourth-order valence-electron chi connectivity index (χ4n) is 4.04. The van der Waals surface area contributed by atoms with Crippen LogP contribution < -0.4 is 5.32 Å². The molecule has 5 rings (SSSR count). The highest BCUT2D eigenvalue weighted by Gasteiger charge is 2.30. The zero-order valence-corrected chi connectivity index (χ0v) is 17.0. The number of aromatic nitrogens is 6. The Bertz CT molecular complexity index is 1190. The number of ether oxygens (including phenoxy) is 1. The molecule has 9 heteroatoms. The first-order valence-electron chi connectivity index (χ1n) is 10.3. The van der Waals surface area contributed by atoms with E-state index in [-0.39, 0.29) is 6.54 Å². The van der Waals surface area contributed by atoms with Crippen molar-refractivity contribution in [2.75, 3.05) is 18.6 Å². The summed E-state index contributed by atoms with van der Waals surface area (Å²) in [5.41, 5.74) is 4.03. The molecule has 1 fully saturated rings. The third-order valence-electron chi connectivity index (χ3n) is 5.61. The summed E-state index contributed by atoms with van der Waals surface area (Å²) in [5, 5.41) is 7.96. The summed E-state index contributed by atoms with van der Waals surface area (Å²) in [7, 11) is 0. The monoisotopic (exact) mass is 409 g/mol. The molecule has 4 aromatic rings. The average molecular weight is 409 g/mol. The average Bonchev–Trinajstić information content (AvgIpc) is 3.27. The van der Waals surface area contributed by atoms with Crippen molar-refractivity contribution in [2.24, 2.45) is 0 Å². The van der Waals surface area contributed by atoms with Gasteiger partial charge in [-0.2, -0.15) is 0 Å². The molecule has 0 saturated heterocycles. The van der Waals surface area contributed by atoms with E-state index in [9.17, 15) is 4.39 Å². The molecule has 8 nitrogen and oxygen atoms in total. The molecule has 0 atom stereocenters. The van der Waals surface area contributed by atoms with Crippen LogP contribution in [-0.4, -0.2) is 54.6 Å². The van der Waals surface area contributed by atoms with Crippen molar-refractivity contribution in [3.05, 3.63) is 36.4 Å². The van der Waals surface area contributed by atoms with Crippen LogP contribution in [0.4, 0.5) is 10.3 Å². The highest BCUT2D eigenvalue weighted by atomic mass is 19.1. The SMILES string of the molecule is CCO[C@H]1C[C@@H](Nc2ncc3c(-c4ccc5nc(C)n(CCF)c5n4)ccn3n2)C1. The standard InChI is InChI=1S/C21H24FN7O/c1-3-30-15-10-14(11-15)25-21-23-12-19-16(6-8-29(19)27-21)17-4-5-18-20(26-17)28(9-7-22)13(2)24-18/h4-6,8,12,14-15H,3,7,9-11H2,1-2H3,(H,25,27)/t14-,15+. The second-order valence-corrected chi connectivity index (χ2v) is 7.57. The summed E-state index contributed by atoms with van der Waals surface area (Å²) in [6, 6.07) is 6.17. The predicted molar refractivity (Wildman–Crippen MR) is 112 cm³/mol. The van der Waals surface area contributed by atoms with Gasteiger partial charge in [0.05, 0.1) is 30.1 Å². The van der Waals surface area contributed by atoms with E-state index in [0.717, 1.165) is 47.6 Å². The van der Waals surface area contributed by atoms with Gasteiger partial charge in [-0.3, -0.25) is 0 Å². The lowest BCUT2D eigenvalue weighted by atomic mass is 9.89. The van der Waals surface area contributed by atoms with Crippen LogP contribution in [0.3, 0.4) is 0 Å². The van der Waals surface area contributed by atoms with Crippen LogP contribution in [0.15, 0.2) is 30.6 Å². The van der Waals surface area contributed by atoms with Crippen molar-refractivity contribution >= 4 is 22.6 Å². The van der Waals surface area contributed by atoms with Crippen LogP contribution in [0, 0.1) is 6.92 Å². The number of pyridine rings is 1. The minimum atomic E-state index is -0.455. The quantitative estimate of drug-likeness (QED) is 0.504. The minimum Gasteiger partial charge on any atom is -0.378 e. The van der Waals surface area contributed by atoms with Crippen molar-refractivity contribution in [1.29, 1.82) is 0 Å². The highest BCUT2D eigenvalue weighted by molar-refractivity contribution is 5.82. The zero-order valence-electron chi connectivity index (χ0n) is 17.0. The maximum absolute atomic E-state index is 13.0. The van der Waals surface area contributed by atoms with E-state index in [1.54, 1.807) is 10.7 Å². The number of aryl methyl sites for hydroxylation is 2. The Morgan fingerprint density at radius 1 is 1.23 bits per heavy atom. The minimum absolute atomic E-state index is 0.249. The largest absolute Gasteiger partial charge is 0.378 e. The smallest absolute Gasteiger partial charge is 0.241 e. The van der Waals surface area contributed by atoms with E-state index in [4.69, 9.17) is 9.72 Å². The van der Waals surface area contributed by atoms with Gasteiger partial charge >= 0.3 is 0 Å².